The van der Waals surface area contributed by atoms with E-state index in [1.54, 1.807) is 0 Å². The Kier molecular flexibility index (Phi) is 7.60. The molecule has 0 radical (unpaired) electrons. The molecule has 0 saturated carbocycles. The van der Waals surface area contributed by atoms with Gasteiger partial charge in [-0.2, -0.15) is 0 Å². The fourth-order valence-corrected chi connectivity index (χ4v) is 1.66. The molecular formula is C12H24N2O2. The zero-order valence-electron chi connectivity index (χ0n) is 10.9. The molecule has 0 aromatic rings. The van der Waals surface area contributed by atoms with Crippen molar-refractivity contribution in [3.8, 4) is 0 Å². The summed E-state index contributed by atoms with van der Waals surface area (Å²) in [6, 6.07) is -0.286. The summed E-state index contributed by atoms with van der Waals surface area (Å²) in [7, 11) is 0. The molecule has 0 spiro atoms. The van der Waals surface area contributed by atoms with Crippen LogP contribution in [0.2, 0.25) is 0 Å². The normalized spacial score (nSPS) is 12.0. The number of rotatable bonds is 6. The van der Waals surface area contributed by atoms with Crippen LogP contribution in [0.25, 0.3) is 0 Å². The van der Waals surface area contributed by atoms with Gasteiger partial charge < -0.3 is 5.32 Å². The smallest absolute Gasteiger partial charge is 0.324 e. The molecule has 0 fully saturated rings. The second-order valence-electron chi connectivity index (χ2n) is 4.11. The molecule has 0 aromatic carbocycles. The minimum Gasteiger partial charge on any atom is -0.338 e. The van der Waals surface area contributed by atoms with Crippen LogP contribution in [-0.4, -0.2) is 29.4 Å². The van der Waals surface area contributed by atoms with E-state index in [4.69, 9.17) is 0 Å². The monoisotopic (exact) mass is 228 g/mol. The maximum Gasteiger partial charge on any atom is 0.324 e. The van der Waals surface area contributed by atoms with Gasteiger partial charge in [0.25, 0.3) is 0 Å². The van der Waals surface area contributed by atoms with Gasteiger partial charge in [-0.1, -0.05) is 26.7 Å². The highest BCUT2D eigenvalue weighted by atomic mass is 16.2. The number of nitrogens with zero attached hydrogens (tertiary/aromatic N) is 1. The number of carbonyl (C=O) groups is 2. The lowest BCUT2D eigenvalue weighted by Gasteiger charge is -2.26. The maximum atomic E-state index is 11.8. The summed E-state index contributed by atoms with van der Waals surface area (Å²) in [5.41, 5.74) is 0. The van der Waals surface area contributed by atoms with E-state index in [0.717, 1.165) is 25.7 Å². The summed E-state index contributed by atoms with van der Waals surface area (Å²) >= 11 is 0. The van der Waals surface area contributed by atoms with E-state index in [1.165, 1.54) is 11.8 Å². The number of hydrogen-bond donors (Lipinski definition) is 1. The molecule has 16 heavy (non-hydrogen) atoms. The van der Waals surface area contributed by atoms with Gasteiger partial charge in [0.2, 0.25) is 5.91 Å². The number of unbranched alkanes of at least 4 members (excludes halogenated alkanes) is 1. The molecule has 4 heteroatoms. The summed E-state index contributed by atoms with van der Waals surface area (Å²) in [6.45, 7) is 8.09. The highest BCUT2D eigenvalue weighted by Gasteiger charge is 2.22. The lowest BCUT2D eigenvalue weighted by Crippen LogP contribution is -2.47. The van der Waals surface area contributed by atoms with E-state index >= 15 is 0 Å². The Hall–Kier alpha value is -1.06. The summed E-state index contributed by atoms with van der Waals surface area (Å²) < 4.78 is 0. The minimum absolute atomic E-state index is 0.0240. The van der Waals surface area contributed by atoms with Gasteiger partial charge in [-0.15, -0.1) is 0 Å². The average Bonchev–Trinajstić information content (AvgIpc) is 2.18. The van der Waals surface area contributed by atoms with Gasteiger partial charge in [0.15, 0.2) is 0 Å². The van der Waals surface area contributed by atoms with E-state index in [1.807, 2.05) is 13.8 Å². The fraction of sp³-hybridized carbons (Fsp3) is 0.833. The Labute approximate surface area is 98.4 Å². The Morgan fingerprint density at radius 1 is 1.25 bits per heavy atom. The molecule has 1 N–H and O–H groups in total. The van der Waals surface area contributed by atoms with E-state index in [0.29, 0.717) is 6.54 Å². The van der Waals surface area contributed by atoms with E-state index in [2.05, 4.69) is 12.2 Å². The average molecular weight is 228 g/mol. The van der Waals surface area contributed by atoms with Crippen LogP contribution in [0, 0.1) is 0 Å². The van der Waals surface area contributed by atoms with Gasteiger partial charge in [0.05, 0.1) is 0 Å². The number of carbonyl (C=O) groups excluding carboxylic acids is 2. The van der Waals surface area contributed by atoms with Gasteiger partial charge >= 0.3 is 6.03 Å². The lowest BCUT2D eigenvalue weighted by molar-refractivity contribution is -0.127. The Morgan fingerprint density at radius 2 is 1.88 bits per heavy atom. The third kappa shape index (κ3) is 5.14. The number of imide groups is 1. The van der Waals surface area contributed by atoms with Crippen molar-refractivity contribution in [2.45, 2.75) is 59.4 Å². The van der Waals surface area contributed by atoms with Crippen LogP contribution >= 0.6 is 0 Å². The van der Waals surface area contributed by atoms with E-state index in [9.17, 15) is 9.59 Å². The zero-order chi connectivity index (χ0) is 12.6. The molecule has 0 aromatic heterocycles. The van der Waals surface area contributed by atoms with Gasteiger partial charge in [-0.25, -0.2) is 4.79 Å². The van der Waals surface area contributed by atoms with Crippen molar-refractivity contribution in [2.24, 2.45) is 0 Å². The first-order valence-corrected chi connectivity index (χ1v) is 6.12. The van der Waals surface area contributed by atoms with Crippen LogP contribution in [0.3, 0.4) is 0 Å². The topological polar surface area (TPSA) is 49.4 Å². The Morgan fingerprint density at radius 3 is 2.31 bits per heavy atom. The number of hydrogen-bond acceptors (Lipinski definition) is 2. The highest BCUT2D eigenvalue weighted by Crippen LogP contribution is 2.07. The second-order valence-corrected chi connectivity index (χ2v) is 4.11. The third-order valence-electron chi connectivity index (χ3n) is 2.51. The quantitative estimate of drug-likeness (QED) is 0.710. The second kappa shape index (κ2) is 8.13. The molecule has 0 rings (SSSR count). The van der Waals surface area contributed by atoms with Crippen molar-refractivity contribution in [1.29, 1.82) is 0 Å². The van der Waals surface area contributed by atoms with E-state index < -0.39 is 0 Å². The SMILES string of the molecule is CCCCNC(=O)N(C(C)=O)C(C)CCC. The fourth-order valence-electron chi connectivity index (χ4n) is 1.66. The number of amides is 3. The molecule has 0 aliphatic rings. The Bertz CT molecular complexity index is 229. The predicted octanol–water partition coefficient (Wildman–Crippen LogP) is 2.53. The summed E-state index contributed by atoms with van der Waals surface area (Å²) in [5, 5.41) is 2.77. The van der Waals surface area contributed by atoms with Crippen LogP contribution < -0.4 is 5.32 Å². The number of urea groups is 1. The first-order valence-electron chi connectivity index (χ1n) is 6.12. The molecule has 0 saturated heterocycles. The highest BCUT2D eigenvalue weighted by molar-refractivity contribution is 5.93. The van der Waals surface area contributed by atoms with Crippen molar-refractivity contribution >= 4 is 11.9 Å². The summed E-state index contributed by atoms with van der Waals surface area (Å²) in [4.78, 5) is 24.5. The molecule has 94 valence electrons. The summed E-state index contributed by atoms with van der Waals surface area (Å²) in [5.74, 6) is -0.185. The molecule has 0 aliphatic carbocycles. The Balaban J connectivity index is 4.29. The molecular weight excluding hydrogens is 204 g/mol. The number of nitrogens with one attached hydrogen (secondary N) is 1. The van der Waals surface area contributed by atoms with Gasteiger partial charge in [0, 0.05) is 19.5 Å². The van der Waals surface area contributed by atoms with Crippen molar-refractivity contribution in [3.63, 3.8) is 0 Å². The van der Waals surface area contributed by atoms with Crippen LogP contribution in [0.1, 0.15) is 53.4 Å². The third-order valence-corrected chi connectivity index (χ3v) is 2.51. The van der Waals surface area contributed by atoms with E-state index in [-0.39, 0.29) is 18.0 Å². The largest absolute Gasteiger partial charge is 0.338 e. The molecule has 1 atom stereocenters. The molecule has 3 amide bonds. The van der Waals surface area contributed by atoms with Gasteiger partial charge in [-0.3, -0.25) is 9.69 Å². The molecule has 4 nitrogen and oxygen atoms in total. The van der Waals surface area contributed by atoms with Gasteiger partial charge in [-0.05, 0) is 19.8 Å². The van der Waals surface area contributed by atoms with Gasteiger partial charge in [0.1, 0.15) is 0 Å². The lowest BCUT2D eigenvalue weighted by atomic mass is 10.1. The molecule has 0 heterocycles. The van der Waals surface area contributed by atoms with Crippen LogP contribution in [0.5, 0.6) is 0 Å². The first kappa shape index (κ1) is 14.9. The molecule has 0 aliphatic heterocycles. The van der Waals surface area contributed by atoms with Crippen molar-refractivity contribution in [2.75, 3.05) is 6.54 Å². The predicted molar refractivity (Wildman–Crippen MR) is 65.2 cm³/mol. The van der Waals surface area contributed by atoms with Crippen molar-refractivity contribution < 1.29 is 9.59 Å². The van der Waals surface area contributed by atoms with Crippen LogP contribution in [0.4, 0.5) is 4.79 Å². The van der Waals surface area contributed by atoms with Crippen molar-refractivity contribution in [3.05, 3.63) is 0 Å². The zero-order valence-corrected chi connectivity index (χ0v) is 10.9. The van der Waals surface area contributed by atoms with Crippen molar-refractivity contribution in [1.82, 2.24) is 10.2 Å². The van der Waals surface area contributed by atoms with Crippen LogP contribution in [-0.2, 0) is 4.79 Å². The first-order chi connectivity index (χ1) is 7.54. The molecule has 0 bridgehead atoms. The maximum absolute atomic E-state index is 11.8. The standard InChI is InChI=1S/C12H24N2O2/c1-5-7-9-13-12(16)14(11(4)15)10(3)8-6-2/h10H,5-9H2,1-4H3,(H,13,16). The molecule has 1 unspecified atom stereocenters. The minimum atomic E-state index is -0.262. The van der Waals surface area contributed by atoms with Crippen LogP contribution in [0.15, 0.2) is 0 Å². The summed E-state index contributed by atoms with van der Waals surface area (Å²) in [6.07, 6.45) is 3.79.